The number of hydrogen-bond donors (Lipinski definition) is 1. The summed E-state index contributed by atoms with van der Waals surface area (Å²) in [7, 11) is 0. The Kier molecular flexibility index (Phi) is 7.20. The Hall–Kier alpha value is -3.15. The minimum absolute atomic E-state index is 0.0975. The first-order valence-electron chi connectivity index (χ1n) is 10.4. The number of aliphatic hydroxyl groups excluding tert-OH is 1. The normalized spacial score (nSPS) is 15.6. The Balaban J connectivity index is 1.57. The number of hydrogen-bond acceptors (Lipinski definition) is 6. The van der Waals surface area contributed by atoms with Crippen LogP contribution in [-0.4, -0.2) is 36.7 Å². The quantitative estimate of drug-likeness (QED) is 0.562. The first-order valence-corrected chi connectivity index (χ1v) is 11.2. The van der Waals surface area contributed by atoms with E-state index < -0.39 is 0 Å². The van der Waals surface area contributed by atoms with E-state index in [9.17, 15) is 4.39 Å². The van der Waals surface area contributed by atoms with Crippen LogP contribution >= 0.6 is 11.8 Å². The molecule has 4 rings (SSSR count). The van der Waals surface area contributed by atoms with Crippen LogP contribution in [0.25, 0.3) is 5.69 Å². The zero-order chi connectivity index (χ0) is 22.3. The molecule has 164 valence electrons. The zero-order valence-electron chi connectivity index (χ0n) is 17.7. The third-order valence-corrected chi connectivity index (χ3v) is 6.26. The van der Waals surface area contributed by atoms with Gasteiger partial charge in [0.15, 0.2) is 11.0 Å². The molecule has 1 aromatic carbocycles. The highest BCUT2D eigenvalue weighted by molar-refractivity contribution is 8.00. The lowest BCUT2D eigenvalue weighted by molar-refractivity contribution is 0.292. The molecule has 32 heavy (non-hydrogen) atoms. The molecular weight excluding hydrogens is 427 g/mol. The highest BCUT2D eigenvalue weighted by atomic mass is 32.2. The maximum absolute atomic E-state index is 14.3. The van der Waals surface area contributed by atoms with Crippen molar-refractivity contribution in [3.05, 3.63) is 71.6 Å². The van der Waals surface area contributed by atoms with Crippen molar-refractivity contribution in [3.63, 3.8) is 0 Å². The second kappa shape index (κ2) is 10.4. The van der Waals surface area contributed by atoms with E-state index in [1.54, 1.807) is 18.5 Å². The van der Waals surface area contributed by atoms with Crippen molar-refractivity contribution in [1.82, 2.24) is 19.7 Å². The Morgan fingerprint density at radius 1 is 1.31 bits per heavy atom. The van der Waals surface area contributed by atoms with Crippen molar-refractivity contribution in [2.75, 3.05) is 6.61 Å². The van der Waals surface area contributed by atoms with Crippen molar-refractivity contribution in [1.29, 1.82) is 0 Å². The van der Waals surface area contributed by atoms with Crippen molar-refractivity contribution in [2.24, 2.45) is 0 Å². The third kappa shape index (κ3) is 5.18. The first kappa shape index (κ1) is 22.1. The Morgan fingerprint density at radius 2 is 2.22 bits per heavy atom. The summed E-state index contributed by atoms with van der Waals surface area (Å²) in [5.41, 5.74) is 2.59. The van der Waals surface area contributed by atoms with E-state index in [0.717, 1.165) is 36.1 Å². The van der Waals surface area contributed by atoms with Crippen LogP contribution in [0.15, 0.2) is 59.8 Å². The maximum atomic E-state index is 14.3. The van der Waals surface area contributed by atoms with Gasteiger partial charge in [-0.15, -0.1) is 10.2 Å². The topological polar surface area (TPSA) is 73.1 Å². The van der Waals surface area contributed by atoms with E-state index in [-0.39, 0.29) is 24.3 Å². The summed E-state index contributed by atoms with van der Waals surface area (Å²) in [6.07, 6.45) is 7.59. The van der Waals surface area contributed by atoms with E-state index >= 15 is 0 Å². The van der Waals surface area contributed by atoms with Gasteiger partial charge in [-0.2, -0.15) is 0 Å². The number of nitrogens with zero attached hydrogens (tertiary/aromatic N) is 4. The Labute approximate surface area is 190 Å². The summed E-state index contributed by atoms with van der Waals surface area (Å²) in [6.45, 7) is 1.95. The molecule has 1 aliphatic carbocycles. The van der Waals surface area contributed by atoms with Crippen LogP contribution in [0.1, 0.15) is 36.2 Å². The van der Waals surface area contributed by atoms with Gasteiger partial charge in [0.05, 0.1) is 17.1 Å². The second-order valence-electron chi connectivity index (χ2n) is 7.30. The zero-order valence-corrected chi connectivity index (χ0v) is 18.5. The highest BCUT2D eigenvalue weighted by Gasteiger charge is 2.24. The summed E-state index contributed by atoms with van der Waals surface area (Å²) in [6, 6.07) is 9.33. The molecular formula is C24H23FN4O2S. The van der Waals surface area contributed by atoms with E-state index in [4.69, 9.17) is 9.84 Å². The predicted octanol–water partition coefficient (Wildman–Crippen LogP) is 4.39. The van der Waals surface area contributed by atoms with Gasteiger partial charge in [-0.25, -0.2) is 4.39 Å². The van der Waals surface area contributed by atoms with Crippen molar-refractivity contribution in [3.8, 4) is 23.3 Å². The molecule has 0 fully saturated rings. The molecule has 0 amide bonds. The van der Waals surface area contributed by atoms with Gasteiger partial charge in [-0.05, 0) is 62.1 Å². The van der Waals surface area contributed by atoms with Gasteiger partial charge in [-0.1, -0.05) is 29.7 Å². The predicted molar refractivity (Wildman–Crippen MR) is 121 cm³/mol. The summed E-state index contributed by atoms with van der Waals surface area (Å²) in [5.74, 6) is 6.74. The fourth-order valence-electron chi connectivity index (χ4n) is 3.42. The summed E-state index contributed by atoms with van der Waals surface area (Å²) in [4.78, 5) is 4.21. The third-order valence-electron chi connectivity index (χ3n) is 5.04. The van der Waals surface area contributed by atoms with E-state index in [2.05, 4.69) is 27.0 Å². The maximum Gasteiger partial charge on any atom is 0.196 e. The smallest absolute Gasteiger partial charge is 0.196 e. The molecule has 0 aliphatic heterocycles. The molecule has 1 unspecified atom stereocenters. The number of rotatable bonds is 6. The Bertz CT molecular complexity index is 1170. The van der Waals surface area contributed by atoms with Crippen LogP contribution in [0.2, 0.25) is 0 Å². The van der Waals surface area contributed by atoms with Crippen LogP contribution in [0.5, 0.6) is 5.75 Å². The number of thioether (sulfide) groups is 1. The van der Waals surface area contributed by atoms with Crippen LogP contribution in [0, 0.1) is 18.8 Å². The lowest BCUT2D eigenvalue weighted by atomic mass is 10.1. The van der Waals surface area contributed by atoms with Crippen LogP contribution in [0.3, 0.4) is 0 Å². The largest absolute Gasteiger partial charge is 0.486 e. The van der Waals surface area contributed by atoms with Gasteiger partial charge in [0, 0.05) is 11.8 Å². The van der Waals surface area contributed by atoms with Crippen molar-refractivity contribution in [2.45, 2.75) is 43.2 Å². The molecule has 0 radical (unpaired) electrons. The molecule has 1 N–H and O–H groups in total. The number of halogens is 1. The molecule has 2 aromatic heterocycles. The average Bonchev–Trinajstić information content (AvgIpc) is 3.21. The standard InChI is InChI=1S/C24H23FN4O2S/c1-17-14-20(11-10-18(17)6-5-13-30)31-16-23-27-28-24(29(23)19-7-4-12-26-15-19)32-22-9-3-2-8-21(22)25/h4,7-8,10-12,14-15,22,30H,2-3,9,13,16H2,1H3. The molecule has 0 saturated heterocycles. The summed E-state index contributed by atoms with van der Waals surface area (Å²) in [5, 5.41) is 17.9. The monoisotopic (exact) mass is 450 g/mol. The van der Waals surface area contributed by atoms with Crippen LogP contribution < -0.4 is 4.74 Å². The van der Waals surface area contributed by atoms with E-state index in [1.807, 2.05) is 41.8 Å². The number of allylic oxidation sites excluding steroid dienone is 1. The number of ether oxygens (including phenoxy) is 1. The minimum Gasteiger partial charge on any atom is -0.486 e. The second-order valence-corrected chi connectivity index (χ2v) is 8.47. The molecule has 0 bridgehead atoms. The van der Waals surface area contributed by atoms with Gasteiger partial charge in [0.2, 0.25) is 0 Å². The summed E-state index contributed by atoms with van der Waals surface area (Å²) < 4.78 is 22.2. The molecule has 1 aliphatic rings. The van der Waals surface area contributed by atoms with Crippen LogP contribution in [0.4, 0.5) is 4.39 Å². The molecule has 1 atom stereocenters. The average molecular weight is 451 g/mol. The fourth-order valence-corrected chi connectivity index (χ4v) is 4.57. The van der Waals surface area contributed by atoms with Crippen molar-refractivity contribution >= 4 is 11.8 Å². The number of pyridine rings is 1. The lowest BCUT2D eigenvalue weighted by Crippen LogP contribution is -2.11. The molecule has 0 saturated carbocycles. The summed E-state index contributed by atoms with van der Waals surface area (Å²) >= 11 is 1.38. The number of aryl methyl sites for hydroxylation is 1. The number of benzene rings is 1. The van der Waals surface area contributed by atoms with Crippen molar-refractivity contribution < 1.29 is 14.2 Å². The first-order chi connectivity index (χ1) is 15.7. The van der Waals surface area contributed by atoms with Gasteiger partial charge >= 0.3 is 0 Å². The molecule has 3 aromatic rings. The molecule has 6 nitrogen and oxygen atoms in total. The van der Waals surface area contributed by atoms with Crippen LogP contribution in [-0.2, 0) is 6.61 Å². The number of aromatic nitrogens is 4. The highest BCUT2D eigenvalue weighted by Crippen LogP contribution is 2.35. The minimum atomic E-state index is -0.257. The molecule has 8 heteroatoms. The Morgan fingerprint density at radius 3 is 2.97 bits per heavy atom. The van der Waals surface area contributed by atoms with E-state index in [0.29, 0.717) is 16.7 Å². The van der Waals surface area contributed by atoms with Gasteiger partial charge in [-0.3, -0.25) is 9.55 Å². The van der Waals surface area contributed by atoms with Gasteiger partial charge in [0.1, 0.15) is 24.8 Å². The fraction of sp³-hybridized carbons (Fsp3) is 0.292. The van der Waals surface area contributed by atoms with Gasteiger partial charge in [0.25, 0.3) is 0 Å². The molecule has 2 heterocycles. The van der Waals surface area contributed by atoms with E-state index in [1.165, 1.54) is 11.8 Å². The SMILES string of the molecule is Cc1cc(OCc2nnc(SC3CCCC=C3F)n2-c2cccnc2)ccc1C#CCO. The lowest BCUT2D eigenvalue weighted by Gasteiger charge is -2.18. The number of aliphatic hydroxyl groups is 1. The molecule has 0 spiro atoms. The van der Waals surface area contributed by atoms with Gasteiger partial charge < -0.3 is 9.84 Å².